The second-order valence-corrected chi connectivity index (χ2v) is 3.79. The summed E-state index contributed by atoms with van der Waals surface area (Å²) < 4.78 is 0. The Labute approximate surface area is 69.5 Å². The van der Waals surface area contributed by atoms with Crippen molar-refractivity contribution in [3.63, 3.8) is 0 Å². The van der Waals surface area contributed by atoms with Gasteiger partial charge >= 0.3 is 0 Å². The molecule has 0 N–H and O–H groups in total. The van der Waals surface area contributed by atoms with Crippen LogP contribution in [0.4, 0.5) is 0 Å². The lowest BCUT2D eigenvalue weighted by Crippen LogP contribution is -2.22. The molecule has 1 nitrogen and oxygen atoms in total. The summed E-state index contributed by atoms with van der Waals surface area (Å²) in [6.07, 6.45) is 1.43. The minimum atomic E-state index is -0.168. The Bertz CT molecular complexity index is 166. The largest absolute Gasteiger partial charge is 0.299 e. The van der Waals surface area contributed by atoms with Crippen LogP contribution in [0.3, 0.4) is 0 Å². The number of allylic oxidation sites excluding steroid dienone is 1. The van der Waals surface area contributed by atoms with Gasteiger partial charge in [0.25, 0.3) is 0 Å². The number of hydrogen-bond donors (Lipinski definition) is 0. The Hall–Kier alpha value is -0.590. The number of carbonyl (C=O) groups is 1. The summed E-state index contributed by atoms with van der Waals surface area (Å²) in [5.41, 5.74) is 0.787. The zero-order valence-corrected chi connectivity index (χ0v) is 8.03. The van der Waals surface area contributed by atoms with E-state index in [1.54, 1.807) is 0 Å². The van der Waals surface area contributed by atoms with Crippen LogP contribution < -0.4 is 0 Å². The van der Waals surface area contributed by atoms with Crippen molar-refractivity contribution in [1.82, 2.24) is 0 Å². The fourth-order valence-electron chi connectivity index (χ4n) is 0.711. The number of hydrogen-bond acceptors (Lipinski definition) is 1. The molecule has 0 saturated carbocycles. The van der Waals surface area contributed by atoms with E-state index in [0.29, 0.717) is 12.2 Å². The molecule has 0 fully saturated rings. The highest BCUT2D eigenvalue weighted by atomic mass is 16.1. The van der Waals surface area contributed by atoms with Gasteiger partial charge in [0, 0.05) is 11.8 Å². The Morgan fingerprint density at radius 1 is 1.45 bits per heavy atom. The lowest BCUT2D eigenvalue weighted by atomic mass is 9.83. The van der Waals surface area contributed by atoms with Gasteiger partial charge in [-0.25, -0.2) is 0 Å². The van der Waals surface area contributed by atoms with Crippen LogP contribution >= 0.6 is 0 Å². The fourth-order valence-corrected chi connectivity index (χ4v) is 0.711. The smallest absolute Gasteiger partial charge is 0.142 e. The van der Waals surface area contributed by atoms with Crippen molar-refractivity contribution in [2.45, 2.75) is 40.5 Å². The third kappa shape index (κ3) is 3.35. The molecule has 0 bridgehead atoms. The minimum absolute atomic E-state index is 0.168. The van der Waals surface area contributed by atoms with Gasteiger partial charge in [0.2, 0.25) is 0 Å². The zero-order chi connectivity index (χ0) is 9.07. The molecule has 64 valence electrons. The van der Waals surface area contributed by atoms with E-state index in [1.165, 1.54) is 0 Å². The lowest BCUT2D eigenvalue weighted by molar-refractivity contribution is -0.126. The molecular weight excluding hydrogens is 136 g/mol. The minimum Gasteiger partial charge on any atom is -0.299 e. The molecule has 0 amide bonds. The van der Waals surface area contributed by atoms with Crippen LogP contribution in [0.15, 0.2) is 12.2 Å². The van der Waals surface area contributed by atoms with Gasteiger partial charge in [0.15, 0.2) is 0 Å². The molecule has 0 atom stereocenters. The second kappa shape index (κ2) is 3.70. The molecule has 0 unspecified atom stereocenters. The summed E-state index contributed by atoms with van der Waals surface area (Å²) in [5, 5.41) is 0. The molecule has 0 heterocycles. The van der Waals surface area contributed by atoms with Crippen molar-refractivity contribution in [2.24, 2.45) is 5.41 Å². The first-order valence-corrected chi connectivity index (χ1v) is 4.08. The molecule has 0 rings (SSSR count). The van der Waals surface area contributed by atoms with E-state index in [1.807, 2.05) is 27.7 Å². The van der Waals surface area contributed by atoms with Gasteiger partial charge in [-0.1, -0.05) is 32.9 Å². The first-order valence-electron chi connectivity index (χ1n) is 4.08. The molecule has 1 heteroatoms. The molecule has 0 aliphatic carbocycles. The maximum Gasteiger partial charge on any atom is 0.142 e. The van der Waals surface area contributed by atoms with Crippen molar-refractivity contribution in [3.05, 3.63) is 12.2 Å². The van der Waals surface area contributed by atoms with Crippen molar-refractivity contribution < 1.29 is 4.79 Å². The quantitative estimate of drug-likeness (QED) is 0.569. The molecule has 0 aromatic rings. The van der Waals surface area contributed by atoms with E-state index in [2.05, 4.69) is 6.58 Å². The van der Waals surface area contributed by atoms with Crippen LogP contribution in [-0.4, -0.2) is 5.78 Å². The Morgan fingerprint density at radius 3 is 2.18 bits per heavy atom. The summed E-state index contributed by atoms with van der Waals surface area (Å²) in [6, 6.07) is 0. The van der Waals surface area contributed by atoms with Crippen LogP contribution in [0.25, 0.3) is 0 Å². The van der Waals surface area contributed by atoms with Crippen molar-refractivity contribution >= 4 is 5.78 Å². The Balaban J connectivity index is 4.13. The molecule has 0 aromatic carbocycles. The van der Waals surface area contributed by atoms with Crippen molar-refractivity contribution in [3.8, 4) is 0 Å². The van der Waals surface area contributed by atoms with E-state index in [-0.39, 0.29) is 5.41 Å². The number of carbonyl (C=O) groups excluding carboxylic acids is 1. The third-order valence-electron chi connectivity index (χ3n) is 2.10. The molecule has 0 spiro atoms. The molecule has 0 aliphatic rings. The topological polar surface area (TPSA) is 17.1 Å². The predicted octanol–water partition coefficient (Wildman–Crippen LogP) is 2.96. The van der Waals surface area contributed by atoms with E-state index in [4.69, 9.17) is 0 Å². The van der Waals surface area contributed by atoms with Gasteiger partial charge in [-0.2, -0.15) is 0 Å². The van der Waals surface area contributed by atoms with Gasteiger partial charge < -0.3 is 0 Å². The predicted molar refractivity (Wildman–Crippen MR) is 48.5 cm³/mol. The molecule has 0 aliphatic heterocycles. The molecule has 11 heavy (non-hydrogen) atoms. The van der Waals surface area contributed by atoms with Crippen molar-refractivity contribution in [2.75, 3.05) is 0 Å². The van der Waals surface area contributed by atoms with Crippen LogP contribution in [0.5, 0.6) is 0 Å². The van der Waals surface area contributed by atoms with Crippen molar-refractivity contribution in [1.29, 1.82) is 0 Å². The summed E-state index contributed by atoms with van der Waals surface area (Å²) in [7, 11) is 0. The highest BCUT2D eigenvalue weighted by Gasteiger charge is 2.24. The van der Waals surface area contributed by atoms with Crippen LogP contribution in [0.1, 0.15) is 40.5 Å². The van der Waals surface area contributed by atoms with Gasteiger partial charge in [-0.05, 0) is 13.3 Å². The monoisotopic (exact) mass is 154 g/mol. The number of Topliss-reactive ketones (excluding diaryl/α,β-unsaturated/α-hetero) is 1. The first-order chi connectivity index (χ1) is 4.90. The zero-order valence-electron chi connectivity index (χ0n) is 8.03. The average Bonchev–Trinajstić information content (AvgIpc) is 1.86. The lowest BCUT2D eigenvalue weighted by Gasteiger charge is -2.20. The van der Waals surface area contributed by atoms with E-state index < -0.39 is 0 Å². The number of ketones is 1. The normalized spacial score (nSPS) is 11.3. The van der Waals surface area contributed by atoms with Gasteiger partial charge in [-0.15, -0.1) is 0 Å². The summed E-state index contributed by atoms with van der Waals surface area (Å²) in [6.45, 7) is 11.6. The standard InChI is InChI=1S/C10H18O/c1-6-10(4,5)9(11)7-8(2)3/h2,6-7H2,1,3-5H3. The molecule has 0 radical (unpaired) electrons. The molecule has 0 saturated heterocycles. The van der Waals surface area contributed by atoms with Crippen LogP contribution in [0, 0.1) is 5.41 Å². The second-order valence-electron chi connectivity index (χ2n) is 3.79. The third-order valence-corrected chi connectivity index (χ3v) is 2.10. The molecular formula is C10H18O. The Morgan fingerprint density at radius 2 is 1.91 bits per heavy atom. The maximum absolute atomic E-state index is 11.4. The SMILES string of the molecule is C=C(C)CC(=O)C(C)(C)CC. The first kappa shape index (κ1) is 10.4. The van der Waals surface area contributed by atoms with Crippen LogP contribution in [-0.2, 0) is 4.79 Å². The number of rotatable bonds is 4. The van der Waals surface area contributed by atoms with Crippen LogP contribution in [0.2, 0.25) is 0 Å². The van der Waals surface area contributed by atoms with E-state index in [0.717, 1.165) is 12.0 Å². The highest BCUT2D eigenvalue weighted by molar-refractivity contribution is 5.85. The maximum atomic E-state index is 11.4. The van der Waals surface area contributed by atoms with Gasteiger partial charge in [0.05, 0.1) is 0 Å². The van der Waals surface area contributed by atoms with E-state index in [9.17, 15) is 4.79 Å². The average molecular weight is 154 g/mol. The van der Waals surface area contributed by atoms with Gasteiger partial charge in [0.1, 0.15) is 5.78 Å². The fraction of sp³-hybridized carbons (Fsp3) is 0.700. The highest BCUT2D eigenvalue weighted by Crippen LogP contribution is 2.23. The van der Waals surface area contributed by atoms with E-state index >= 15 is 0 Å². The molecule has 0 aromatic heterocycles. The summed E-state index contributed by atoms with van der Waals surface area (Å²) in [5.74, 6) is 0.299. The Kier molecular flexibility index (Phi) is 3.50. The van der Waals surface area contributed by atoms with Gasteiger partial charge in [-0.3, -0.25) is 4.79 Å². The summed E-state index contributed by atoms with van der Waals surface area (Å²) in [4.78, 5) is 11.4. The summed E-state index contributed by atoms with van der Waals surface area (Å²) >= 11 is 0.